The van der Waals surface area contributed by atoms with Gasteiger partial charge >= 0.3 is 12.1 Å². The van der Waals surface area contributed by atoms with Gasteiger partial charge < -0.3 is 20.4 Å². The zero-order valence-corrected chi connectivity index (χ0v) is 19.0. The molecule has 2 aromatic carbocycles. The molecule has 3 N–H and O–H groups in total. The molecule has 3 rings (SSSR count). The first-order chi connectivity index (χ1) is 17.2. The smallest absolute Gasteiger partial charge is 0.432 e. The molecule has 0 saturated heterocycles. The van der Waals surface area contributed by atoms with E-state index in [1.54, 1.807) is 18.2 Å². The number of alkyl halides is 3. The molecule has 3 aromatic rings. The number of amides is 2. The van der Waals surface area contributed by atoms with Crippen LogP contribution in [0.2, 0.25) is 0 Å². The molecule has 1 heterocycles. The van der Waals surface area contributed by atoms with Crippen molar-refractivity contribution in [2.75, 3.05) is 18.5 Å². The fraction of sp³-hybridized carbons (Fsp3) is 0.200. The minimum absolute atomic E-state index is 0.0468. The molecule has 8 nitrogen and oxygen atoms in total. The minimum atomic E-state index is -4.59. The molecule has 2 amide bonds. The van der Waals surface area contributed by atoms with Crippen LogP contribution in [0.25, 0.3) is 11.4 Å². The minimum Gasteiger partial charge on any atom is -0.491 e. The molecule has 0 unspecified atom stereocenters. The van der Waals surface area contributed by atoms with Crippen LogP contribution in [0.15, 0.2) is 48.7 Å². The standard InChI is InChI=1S/C25H20F3N5O3/c1-16(34)30-10-3-11-36-21-8-7-19(24-31-15-22(33-24)25(26,27)28)13-20(21)32-23(35)9-6-17-4-2-5-18(12-17)14-29/h2,4-5,7-8,12-13,15H,3,10-11H2,1H3,(H,30,34)(H,31,33)(H,32,35). The average molecular weight is 495 g/mol. The van der Waals surface area contributed by atoms with Gasteiger partial charge in [0.1, 0.15) is 17.3 Å². The highest BCUT2D eigenvalue weighted by molar-refractivity contribution is 6.05. The van der Waals surface area contributed by atoms with Crippen LogP contribution in [0.5, 0.6) is 5.75 Å². The van der Waals surface area contributed by atoms with Crippen molar-refractivity contribution in [3.8, 4) is 35.0 Å². The third-order valence-electron chi connectivity index (χ3n) is 4.65. The molecule has 184 valence electrons. The van der Waals surface area contributed by atoms with Crippen molar-refractivity contribution in [2.24, 2.45) is 0 Å². The van der Waals surface area contributed by atoms with Gasteiger partial charge in [-0.1, -0.05) is 12.0 Å². The maximum absolute atomic E-state index is 12.9. The number of rotatable bonds is 7. The number of hydrogen-bond donors (Lipinski definition) is 3. The molecule has 0 aliphatic heterocycles. The first-order valence-electron chi connectivity index (χ1n) is 10.6. The van der Waals surface area contributed by atoms with E-state index in [1.165, 1.54) is 31.2 Å². The lowest BCUT2D eigenvalue weighted by atomic mass is 10.1. The highest BCUT2D eigenvalue weighted by Crippen LogP contribution is 2.32. The Labute approximate surface area is 204 Å². The Morgan fingerprint density at radius 3 is 2.64 bits per heavy atom. The van der Waals surface area contributed by atoms with Crippen LogP contribution in [0.4, 0.5) is 18.9 Å². The van der Waals surface area contributed by atoms with Crippen molar-refractivity contribution in [1.82, 2.24) is 15.3 Å². The van der Waals surface area contributed by atoms with E-state index in [-0.39, 0.29) is 35.3 Å². The van der Waals surface area contributed by atoms with Gasteiger partial charge in [-0.3, -0.25) is 9.59 Å². The number of ether oxygens (including phenoxy) is 1. The Morgan fingerprint density at radius 1 is 1.17 bits per heavy atom. The lowest BCUT2D eigenvalue weighted by Crippen LogP contribution is -2.22. The molecule has 0 atom stereocenters. The zero-order chi connectivity index (χ0) is 26.1. The number of carbonyl (C=O) groups excluding carboxylic acids is 2. The maximum atomic E-state index is 12.9. The first-order valence-corrected chi connectivity index (χ1v) is 10.6. The Balaban J connectivity index is 1.82. The van der Waals surface area contributed by atoms with E-state index in [9.17, 15) is 22.8 Å². The van der Waals surface area contributed by atoms with Crippen LogP contribution >= 0.6 is 0 Å². The van der Waals surface area contributed by atoms with Gasteiger partial charge in [-0.2, -0.15) is 18.4 Å². The molecular formula is C25H20F3N5O3. The van der Waals surface area contributed by atoms with E-state index in [1.807, 2.05) is 6.07 Å². The summed E-state index contributed by atoms with van der Waals surface area (Å²) in [6, 6.07) is 12.8. The molecular weight excluding hydrogens is 475 g/mol. The second kappa shape index (κ2) is 11.6. The Morgan fingerprint density at radius 2 is 1.94 bits per heavy atom. The fourth-order valence-electron chi connectivity index (χ4n) is 2.98. The summed E-state index contributed by atoms with van der Waals surface area (Å²) in [5, 5.41) is 14.2. The number of aromatic nitrogens is 2. The predicted octanol–water partition coefficient (Wildman–Crippen LogP) is 3.86. The van der Waals surface area contributed by atoms with Crippen LogP contribution in [0.1, 0.15) is 30.2 Å². The molecule has 0 saturated carbocycles. The van der Waals surface area contributed by atoms with Crippen molar-refractivity contribution in [3.63, 3.8) is 0 Å². The van der Waals surface area contributed by atoms with Crippen LogP contribution in [0.3, 0.4) is 0 Å². The predicted molar refractivity (Wildman–Crippen MR) is 124 cm³/mol. The topological polar surface area (TPSA) is 120 Å². The van der Waals surface area contributed by atoms with Crippen molar-refractivity contribution >= 4 is 17.5 Å². The number of benzene rings is 2. The fourth-order valence-corrected chi connectivity index (χ4v) is 2.98. The molecule has 1 aromatic heterocycles. The summed E-state index contributed by atoms with van der Waals surface area (Å²) in [4.78, 5) is 29.5. The highest BCUT2D eigenvalue weighted by Gasteiger charge is 2.33. The van der Waals surface area contributed by atoms with Gasteiger partial charge in [0.15, 0.2) is 0 Å². The van der Waals surface area contributed by atoms with Gasteiger partial charge in [0.2, 0.25) is 5.91 Å². The lowest BCUT2D eigenvalue weighted by Gasteiger charge is -2.13. The number of imidazole rings is 1. The molecule has 0 aliphatic rings. The summed E-state index contributed by atoms with van der Waals surface area (Å²) in [5.74, 6) is 4.40. The van der Waals surface area contributed by atoms with Crippen LogP contribution in [-0.2, 0) is 15.8 Å². The van der Waals surface area contributed by atoms with E-state index >= 15 is 0 Å². The number of halogens is 3. The van der Waals surface area contributed by atoms with Crippen LogP contribution < -0.4 is 15.4 Å². The van der Waals surface area contributed by atoms with E-state index in [0.29, 0.717) is 30.3 Å². The first kappa shape index (κ1) is 25.8. The maximum Gasteiger partial charge on any atom is 0.432 e. The molecule has 0 radical (unpaired) electrons. The number of aromatic amines is 1. The third-order valence-corrected chi connectivity index (χ3v) is 4.65. The van der Waals surface area contributed by atoms with E-state index in [2.05, 4.69) is 32.4 Å². The second-order valence-electron chi connectivity index (χ2n) is 7.44. The monoisotopic (exact) mass is 495 g/mol. The van der Waals surface area contributed by atoms with Gasteiger partial charge in [0, 0.05) is 30.5 Å². The quantitative estimate of drug-likeness (QED) is 0.340. The van der Waals surface area contributed by atoms with Gasteiger partial charge in [0.05, 0.1) is 30.1 Å². The second-order valence-corrected chi connectivity index (χ2v) is 7.44. The SMILES string of the molecule is CC(=O)NCCCOc1ccc(-c2ncc(C(F)(F)F)[nH]2)cc1NC(=O)C#Cc1cccc(C#N)c1. The summed E-state index contributed by atoms with van der Waals surface area (Å²) in [7, 11) is 0. The van der Waals surface area contributed by atoms with Gasteiger partial charge in [-0.25, -0.2) is 4.98 Å². The molecule has 0 bridgehead atoms. The van der Waals surface area contributed by atoms with Crippen molar-refractivity contribution in [2.45, 2.75) is 19.5 Å². The molecule has 11 heteroatoms. The number of hydrogen-bond acceptors (Lipinski definition) is 5. The summed E-state index contributed by atoms with van der Waals surface area (Å²) < 4.78 is 44.6. The highest BCUT2D eigenvalue weighted by atomic mass is 19.4. The van der Waals surface area contributed by atoms with Crippen LogP contribution in [0, 0.1) is 23.2 Å². The zero-order valence-electron chi connectivity index (χ0n) is 19.0. The molecule has 0 fully saturated rings. The molecule has 36 heavy (non-hydrogen) atoms. The largest absolute Gasteiger partial charge is 0.491 e. The van der Waals surface area contributed by atoms with Gasteiger partial charge in [0.25, 0.3) is 0 Å². The van der Waals surface area contributed by atoms with Crippen molar-refractivity contribution in [1.29, 1.82) is 5.26 Å². The Kier molecular flexibility index (Phi) is 8.31. The van der Waals surface area contributed by atoms with Gasteiger partial charge in [-0.05, 0) is 42.8 Å². The summed E-state index contributed by atoms with van der Waals surface area (Å²) in [6.07, 6.45) is -3.42. The normalized spacial score (nSPS) is 10.5. The van der Waals surface area contributed by atoms with Gasteiger partial charge in [-0.15, -0.1) is 0 Å². The van der Waals surface area contributed by atoms with Crippen molar-refractivity contribution in [3.05, 3.63) is 65.5 Å². The third kappa shape index (κ3) is 7.37. The van der Waals surface area contributed by atoms with E-state index in [0.717, 1.165) is 0 Å². The average Bonchev–Trinajstić information content (AvgIpc) is 3.34. The van der Waals surface area contributed by atoms with E-state index in [4.69, 9.17) is 10.00 Å². The number of nitrogens with zero attached hydrogens (tertiary/aromatic N) is 2. The number of nitrogens with one attached hydrogen (secondary N) is 3. The number of carbonyl (C=O) groups is 2. The Bertz CT molecular complexity index is 1360. The Hall–Kier alpha value is -4.77. The lowest BCUT2D eigenvalue weighted by molar-refractivity contribution is -0.140. The number of nitriles is 1. The molecule has 0 aliphatic carbocycles. The number of H-pyrrole nitrogens is 1. The van der Waals surface area contributed by atoms with E-state index < -0.39 is 17.8 Å². The van der Waals surface area contributed by atoms with Crippen LogP contribution in [-0.4, -0.2) is 34.9 Å². The summed E-state index contributed by atoms with van der Waals surface area (Å²) >= 11 is 0. The summed E-state index contributed by atoms with van der Waals surface area (Å²) in [6.45, 7) is 1.98. The number of anilines is 1. The summed E-state index contributed by atoms with van der Waals surface area (Å²) in [5.41, 5.74) is 0.291. The van der Waals surface area contributed by atoms with Crippen molar-refractivity contribution < 1.29 is 27.5 Å². The molecule has 0 spiro atoms.